The summed E-state index contributed by atoms with van der Waals surface area (Å²) in [7, 11) is 1.00. The topological polar surface area (TPSA) is 191 Å². The summed E-state index contributed by atoms with van der Waals surface area (Å²) >= 11 is 6.43. The van der Waals surface area contributed by atoms with Crippen molar-refractivity contribution in [2.24, 2.45) is 0 Å². The van der Waals surface area contributed by atoms with Crippen molar-refractivity contribution in [1.29, 1.82) is 0 Å². The van der Waals surface area contributed by atoms with Gasteiger partial charge >= 0.3 is 24.5 Å². The predicted octanol–water partition coefficient (Wildman–Crippen LogP) is 16.2. The van der Waals surface area contributed by atoms with Crippen LogP contribution in [0, 0.1) is 0 Å². The van der Waals surface area contributed by atoms with Gasteiger partial charge in [0.15, 0.2) is 0 Å². The van der Waals surface area contributed by atoms with E-state index in [1.54, 1.807) is 9.80 Å². The van der Waals surface area contributed by atoms with Gasteiger partial charge in [-0.05, 0) is 140 Å². The van der Waals surface area contributed by atoms with Crippen LogP contribution in [0.15, 0.2) is 170 Å². The average Bonchev–Trinajstić information content (AvgIpc) is 0.794. The summed E-state index contributed by atoms with van der Waals surface area (Å²) in [6, 6.07) is 50.8. The zero-order valence-electron chi connectivity index (χ0n) is 59.1. The SMILES string of the molecule is BrCc1ccccc1.CC(C)(C)OC(=O)N1CCC(=O)CC1.CC(C)(C)OC(=O)N1CCC(O)(Cc2ccccc2)CC1.CO.Cl.FC(F)(F)c1ccccc1OCCBr.OC1(Cc2ccccc2)CCN(CCOc2ccccc2C(F)(F)F)CC1.OC1(Cc2ccccc2)CCNCC1. The first-order valence-electron chi connectivity index (χ1n) is 33.7. The maximum absolute atomic E-state index is 13.0. The quantitative estimate of drug-likeness (QED) is 0.0512. The molecule has 0 atom stereocenters. The highest BCUT2D eigenvalue weighted by Crippen LogP contribution is 2.38. The standard InChI is InChI=1S/C21H24F3NO2.C17H25NO3.C12H17NO.C10H17NO3.C9H8BrF3O.C7H7Br.CH4O.ClH/c22-21(23,24)18-8-4-5-9-19(18)27-15-14-25-12-10-20(26,11-13-25)16-17-6-2-1-3-7-17;1-16(2,3)21-15(19)18-11-9-17(20,10-12-18)13-14-7-5-4-6-8-14;14-12(6-8-13-9-7-12)10-11-4-2-1-3-5-11;1-10(2,3)14-9(13)11-6-4-8(12)5-7-11;10-5-6-14-8-4-2-1-3-7(8)9(11,12)13;8-6-7-4-2-1-3-5-7;1-2;/h1-9,26H,10-16H2;4-8,20H,9-13H2,1-3H3;1-5,13-14H,6-10H2;4-7H2,1-3H3;1-4H,5-6H2;1-5H,6H2;2H,1H3;1H. The lowest BCUT2D eigenvalue weighted by Crippen LogP contribution is -2.49. The van der Waals surface area contributed by atoms with Gasteiger partial charge in [-0.1, -0.05) is 177 Å². The number of alkyl halides is 8. The van der Waals surface area contributed by atoms with Gasteiger partial charge in [-0.2, -0.15) is 26.3 Å². The lowest BCUT2D eigenvalue weighted by atomic mass is 9.85. The molecule has 0 spiro atoms. The van der Waals surface area contributed by atoms with Crippen molar-refractivity contribution in [2.45, 2.75) is 158 Å². The van der Waals surface area contributed by atoms with Crippen molar-refractivity contribution in [3.8, 4) is 11.5 Å². The van der Waals surface area contributed by atoms with Crippen LogP contribution in [-0.2, 0) is 51.2 Å². The third kappa shape index (κ3) is 35.6. The van der Waals surface area contributed by atoms with Gasteiger partial charge in [-0.15, -0.1) is 12.4 Å². The van der Waals surface area contributed by atoms with Crippen LogP contribution in [0.1, 0.15) is 126 Å². The normalized spacial score (nSPS) is 16.3. The molecule has 10 rings (SSSR count). The number of hydrogen-bond donors (Lipinski definition) is 5. The van der Waals surface area contributed by atoms with Gasteiger partial charge in [0.25, 0.3) is 0 Å². The number of likely N-dealkylation sites (tertiary alicyclic amines) is 3. The molecule has 0 saturated carbocycles. The molecule has 560 valence electrons. The van der Waals surface area contributed by atoms with Gasteiger partial charge in [0.2, 0.25) is 0 Å². The second kappa shape index (κ2) is 44.4. The number of piperidine rings is 4. The molecule has 0 radical (unpaired) electrons. The van der Waals surface area contributed by atoms with Crippen LogP contribution in [0.4, 0.5) is 35.9 Å². The van der Waals surface area contributed by atoms with Crippen LogP contribution >= 0.6 is 44.3 Å². The van der Waals surface area contributed by atoms with Crippen LogP contribution in [0.3, 0.4) is 0 Å². The van der Waals surface area contributed by atoms with E-state index < -0.39 is 51.5 Å². The van der Waals surface area contributed by atoms with E-state index in [-0.39, 0.29) is 55.1 Å². The van der Waals surface area contributed by atoms with Crippen LogP contribution in [0.5, 0.6) is 11.5 Å². The van der Waals surface area contributed by atoms with Crippen LogP contribution < -0.4 is 14.8 Å². The number of hydrogen-bond acceptors (Lipinski definition) is 13. The Hall–Kier alpha value is -6.28. The maximum Gasteiger partial charge on any atom is 0.419 e. The first-order valence-corrected chi connectivity index (χ1v) is 35.9. The van der Waals surface area contributed by atoms with Crippen molar-refractivity contribution in [3.63, 3.8) is 0 Å². The van der Waals surface area contributed by atoms with Gasteiger partial charge in [0.1, 0.15) is 35.1 Å². The molecule has 4 aliphatic heterocycles. The second-order valence-electron chi connectivity index (χ2n) is 26.7. The summed E-state index contributed by atoms with van der Waals surface area (Å²) in [4.78, 5) is 39.9. The number of aliphatic hydroxyl groups is 4. The van der Waals surface area contributed by atoms with E-state index in [2.05, 4.69) is 66.3 Å². The largest absolute Gasteiger partial charge is 0.492 e. The first-order chi connectivity index (χ1) is 47.3. The fourth-order valence-corrected chi connectivity index (χ4v) is 11.4. The number of Topliss-reactive ketones (excluding diaryl/α,β-unsaturated/α-hetero) is 1. The molecular formula is C77H103Br2ClF6N4O11. The molecule has 101 heavy (non-hydrogen) atoms. The third-order valence-electron chi connectivity index (χ3n) is 16.1. The van der Waals surface area contributed by atoms with E-state index in [4.69, 9.17) is 24.1 Å². The molecule has 4 saturated heterocycles. The smallest absolute Gasteiger partial charge is 0.419 e. The molecule has 4 fully saturated rings. The highest BCUT2D eigenvalue weighted by atomic mass is 79.9. The minimum Gasteiger partial charge on any atom is -0.492 e. The van der Waals surface area contributed by atoms with Gasteiger partial charge < -0.3 is 54.5 Å². The molecule has 4 heterocycles. The molecule has 15 nitrogen and oxygen atoms in total. The number of nitrogens with zero attached hydrogens (tertiary/aromatic N) is 3. The summed E-state index contributed by atoms with van der Waals surface area (Å²) in [5, 5.41) is 43.5. The average molecular weight is 1570 g/mol. The van der Waals surface area contributed by atoms with Crippen LogP contribution in [0.2, 0.25) is 0 Å². The van der Waals surface area contributed by atoms with Crippen molar-refractivity contribution in [3.05, 3.63) is 203 Å². The highest BCUT2D eigenvalue weighted by Gasteiger charge is 2.38. The number of para-hydroxylation sites is 2. The molecule has 2 amide bonds. The zero-order chi connectivity index (χ0) is 73.9. The number of rotatable bonds is 14. The van der Waals surface area contributed by atoms with Crippen LogP contribution in [-0.4, -0.2) is 166 Å². The van der Waals surface area contributed by atoms with E-state index in [1.165, 1.54) is 47.5 Å². The Morgan fingerprint density at radius 3 is 1.12 bits per heavy atom. The maximum atomic E-state index is 13.0. The van der Waals surface area contributed by atoms with E-state index in [0.717, 1.165) is 68.1 Å². The van der Waals surface area contributed by atoms with E-state index in [1.807, 2.05) is 139 Å². The summed E-state index contributed by atoms with van der Waals surface area (Å²) in [6.45, 7) is 17.4. The van der Waals surface area contributed by atoms with E-state index in [9.17, 15) is 56.0 Å². The molecule has 24 heteroatoms. The minimum atomic E-state index is -4.42. The van der Waals surface area contributed by atoms with Crippen molar-refractivity contribution in [2.75, 3.05) is 84.6 Å². The summed E-state index contributed by atoms with van der Waals surface area (Å²) in [6.07, 6.45) is -2.25. The number of benzene rings is 6. The predicted molar refractivity (Wildman–Crippen MR) is 394 cm³/mol. The number of halogens is 9. The number of amides is 2. The fourth-order valence-electron chi connectivity index (χ4n) is 10.9. The number of carbonyl (C=O) groups excluding carboxylic acids is 3. The summed E-state index contributed by atoms with van der Waals surface area (Å²) in [5.41, 5.74) is 0.457. The highest BCUT2D eigenvalue weighted by molar-refractivity contribution is 9.09. The Kier molecular flexibility index (Phi) is 39.1. The summed E-state index contributed by atoms with van der Waals surface area (Å²) < 4.78 is 97.0. The van der Waals surface area contributed by atoms with Gasteiger partial charge in [-0.3, -0.25) is 9.69 Å². The molecule has 6 aromatic carbocycles. The molecule has 0 unspecified atom stereocenters. The van der Waals surface area contributed by atoms with Gasteiger partial charge in [-0.25, -0.2) is 9.59 Å². The molecular weight excluding hydrogens is 1470 g/mol. The molecule has 4 aliphatic rings. The zero-order valence-corrected chi connectivity index (χ0v) is 63.0. The van der Waals surface area contributed by atoms with E-state index >= 15 is 0 Å². The minimum absolute atomic E-state index is 0. The molecule has 5 N–H and O–H groups in total. The molecule has 0 bridgehead atoms. The van der Waals surface area contributed by atoms with Crippen molar-refractivity contribution >= 4 is 62.2 Å². The Morgan fingerprint density at radius 2 is 0.782 bits per heavy atom. The third-order valence-corrected chi connectivity index (χ3v) is 17.1. The van der Waals surface area contributed by atoms with E-state index in [0.29, 0.717) is 103 Å². The Bertz CT molecular complexity index is 3250. The second-order valence-corrected chi connectivity index (χ2v) is 28.1. The van der Waals surface area contributed by atoms with Gasteiger partial charge in [0.05, 0.1) is 34.5 Å². The summed E-state index contributed by atoms with van der Waals surface area (Å²) in [5.74, 6) is -0.0353. The van der Waals surface area contributed by atoms with Gasteiger partial charge in [0, 0.05) is 95.7 Å². The molecule has 6 aromatic rings. The van der Waals surface area contributed by atoms with Crippen LogP contribution in [0.25, 0.3) is 0 Å². The first kappa shape index (κ1) is 88.9. The Morgan fingerprint density at radius 1 is 0.465 bits per heavy atom. The molecule has 0 aromatic heterocycles. The monoisotopic (exact) mass is 1570 g/mol. The molecule has 0 aliphatic carbocycles. The number of ketones is 1. The number of nitrogens with one attached hydrogen (secondary N) is 1. The lowest BCUT2D eigenvalue weighted by Gasteiger charge is -2.38. The lowest BCUT2D eigenvalue weighted by molar-refractivity contribution is -0.139. The van der Waals surface area contributed by atoms with Crippen molar-refractivity contribution in [1.82, 2.24) is 20.0 Å². The number of ether oxygens (including phenoxy) is 4. The number of carbonyl (C=O) groups is 3. The van der Waals surface area contributed by atoms with Crippen molar-refractivity contribution < 1.29 is 80.1 Å². The fraction of sp³-hybridized carbons (Fsp3) is 0.494. The number of aliphatic hydroxyl groups excluding tert-OH is 1. The Labute approximate surface area is 616 Å². The Balaban J connectivity index is 0.000000324.